The first-order valence-corrected chi connectivity index (χ1v) is 13.7. The number of anilines is 1. The number of aryl methyl sites for hydroxylation is 1. The van der Waals surface area contributed by atoms with Crippen LogP contribution in [-0.2, 0) is 4.79 Å². The third-order valence-electron chi connectivity index (χ3n) is 5.86. The fraction of sp³-hybridized carbons (Fsp3) is 0.214. The Morgan fingerprint density at radius 3 is 2.65 bits per heavy atom. The standard InChI is InChI=1S/C28H26BrIN4O3/c1-4-18(3)27-33-24-11-8-20(29)14-22(24)28(36)34(27)31-15-19-7-12-25(23(30)13-19)37-16-26(35)32-21-9-5-17(2)6-10-21/h5-15,18H,4,16H2,1-3H3,(H,32,35)/t18-/m1/s1. The smallest absolute Gasteiger partial charge is 0.282 e. The molecule has 0 fully saturated rings. The van der Waals surface area contributed by atoms with Gasteiger partial charge in [-0.2, -0.15) is 9.78 Å². The lowest BCUT2D eigenvalue weighted by Gasteiger charge is -2.14. The van der Waals surface area contributed by atoms with Gasteiger partial charge in [0.2, 0.25) is 0 Å². The van der Waals surface area contributed by atoms with Gasteiger partial charge < -0.3 is 10.1 Å². The van der Waals surface area contributed by atoms with E-state index >= 15 is 0 Å². The van der Waals surface area contributed by atoms with Crippen molar-refractivity contribution in [2.24, 2.45) is 5.10 Å². The number of nitrogens with zero attached hydrogens (tertiary/aromatic N) is 3. The van der Waals surface area contributed by atoms with Crippen molar-refractivity contribution in [3.63, 3.8) is 0 Å². The van der Waals surface area contributed by atoms with Crippen molar-refractivity contribution in [2.45, 2.75) is 33.1 Å². The van der Waals surface area contributed by atoms with Crippen molar-refractivity contribution < 1.29 is 9.53 Å². The number of amides is 1. The number of aromatic nitrogens is 2. The Kier molecular flexibility index (Phi) is 8.75. The van der Waals surface area contributed by atoms with Gasteiger partial charge in [-0.15, -0.1) is 0 Å². The topological polar surface area (TPSA) is 85.6 Å². The molecule has 7 nitrogen and oxygen atoms in total. The summed E-state index contributed by atoms with van der Waals surface area (Å²) in [5.74, 6) is 1.02. The van der Waals surface area contributed by atoms with E-state index in [0.717, 1.165) is 31.3 Å². The summed E-state index contributed by atoms with van der Waals surface area (Å²) in [5.41, 5.74) is 3.07. The molecule has 0 saturated carbocycles. The van der Waals surface area contributed by atoms with Crippen molar-refractivity contribution in [1.29, 1.82) is 0 Å². The molecule has 1 heterocycles. The molecular weight excluding hydrogens is 647 g/mol. The first kappa shape index (κ1) is 27.0. The monoisotopic (exact) mass is 672 g/mol. The first-order valence-electron chi connectivity index (χ1n) is 11.8. The van der Waals surface area contributed by atoms with E-state index in [9.17, 15) is 9.59 Å². The van der Waals surface area contributed by atoms with Crippen LogP contribution < -0.4 is 15.6 Å². The molecule has 0 saturated heterocycles. The fourth-order valence-corrected chi connectivity index (χ4v) is 4.65. The first-order chi connectivity index (χ1) is 17.7. The highest BCUT2D eigenvalue weighted by molar-refractivity contribution is 14.1. The lowest BCUT2D eigenvalue weighted by Crippen LogP contribution is -2.23. The Bertz CT molecular complexity index is 1530. The molecule has 0 aliphatic rings. The molecule has 0 spiro atoms. The summed E-state index contributed by atoms with van der Waals surface area (Å²) in [4.78, 5) is 30.3. The third-order valence-corrected chi connectivity index (χ3v) is 7.20. The van der Waals surface area contributed by atoms with Gasteiger partial charge in [0.15, 0.2) is 6.61 Å². The molecule has 0 aliphatic heterocycles. The SMILES string of the molecule is CC[C@@H](C)c1nc2ccc(Br)cc2c(=O)n1N=Cc1ccc(OCC(=O)Nc2ccc(C)cc2)c(I)c1. The van der Waals surface area contributed by atoms with E-state index < -0.39 is 0 Å². The number of carbonyl (C=O) groups excluding carboxylic acids is 1. The van der Waals surface area contributed by atoms with Gasteiger partial charge in [-0.25, -0.2) is 4.98 Å². The van der Waals surface area contributed by atoms with E-state index in [4.69, 9.17) is 9.72 Å². The lowest BCUT2D eigenvalue weighted by molar-refractivity contribution is -0.118. The molecule has 1 N–H and O–H groups in total. The normalized spacial score (nSPS) is 12.1. The molecule has 1 atom stereocenters. The Hall–Kier alpha value is -3.05. The number of nitrogens with one attached hydrogen (secondary N) is 1. The van der Waals surface area contributed by atoms with E-state index in [2.05, 4.69) is 55.9 Å². The molecule has 9 heteroatoms. The molecule has 0 bridgehead atoms. The van der Waals surface area contributed by atoms with E-state index in [1.165, 1.54) is 4.68 Å². The predicted molar refractivity (Wildman–Crippen MR) is 160 cm³/mol. The van der Waals surface area contributed by atoms with Crippen LogP contribution >= 0.6 is 38.5 Å². The Labute approximate surface area is 237 Å². The van der Waals surface area contributed by atoms with Crippen molar-refractivity contribution in [3.05, 3.63) is 96.0 Å². The maximum Gasteiger partial charge on any atom is 0.282 e. The van der Waals surface area contributed by atoms with E-state index in [0.29, 0.717) is 22.5 Å². The van der Waals surface area contributed by atoms with Crippen molar-refractivity contribution in [2.75, 3.05) is 11.9 Å². The predicted octanol–water partition coefficient (Wildman–Crippen LogP) is 6.49. The van der Waals surface area contributed by atoms with Crippen LogP contribution in [-0.4, -0.2) is 28.4 Å². The van der Waals surface area contributed by atoms with Gasteiger partial charge in [0.05, 0.1) is 20.7 Å². The second kappa shape index (κ2) is 12.0. The van der Waals surface area contributed by atoms with Gasteiger partial charge in [0.1, 0.15) is 11.6 Å². The molecule has 1 aromatic heterocycles. The molecule has 4 rings (SSSR count). The van der Waals surface area contributed by atoms with Gasteiger partial charge in [0, 0.05) is 16.1 Å². The second-order valence-electron chi connectivity index (χ2n) is 8.70. The van der Waals surface area contributed by atoms with Gasteiger partial charge in [-0.05, 0) is 90.0 Å². The molecule has 1 amide bonds. The second-order valence-corrected chi connectivity index (χ2v) is 10.8. The number of ether oxygens (including phenoxy) is 1. The summed E-state index contributed by atoms with van der Waals surface area (Å²) < 4.78 is 8.73. The Morgan fingerprint density at radius 2 is 1.95 bits per heavy atom. The summed E-state index contributed by atoms with van der Waals surface area (Å²) in [7, 11) is 0. The van der Waals surface area contributed by atoms with Crippen molar-refractivity contribution in [1.82, 2.24) is 9.66 Å². The van der Waals surface area contributed by atoms with Crippen molar-refractivity contribution >= 4 is 67.2 Å². The molecule has 3 aromatic carbocycles. The van der Waals surface area contributed by atoms with Crippen LogP contribution in [0.2, 0.25) is 0 Å². The maximum atomic E-state index is 13.3. The van der Waals surface area contributed by atoms with Gasteiger partial charge in [0.25, 0.3) is 11.5 Å². The summed E-state index contributed by atoms with van der Waals surface area (Å²) >= 11 is 5.59. The summed E-state index contributed by atoms with van der Waals surface area (Å²) in [6, 6.07) is 18.6. The highest BCUT2D eigenvalue weighted by atomic mass is 127. The number of carbonyl (C=O) groups is 1. The lowest BCUT2D eigenvalue weighted by atomic mass is 10.1. The van der Waals surface area contributed by atoms with Crippen LogP contribution in [0.25, 0.3) is 10.9 Å². The number of fused-ring (bicyclic) bond motifs is 1. The van der Waals surface area contributed by atoms with Gasteiger partial charge in [-0.3, -0.25) is 9.59 Å². The molecule has 4 aromatic rings. The summed E-state index contributed by atoms with van der Waals surface area (Å²) in [6.07, 6.45) is 2.46. The number of halogens is 2. The van der Waals surface area contributed by atoms with Crippen LogP contribution in [0.5, 0.6) is 5.75 Å². The van der Waals surface area contributed by atoms with Crippen molar-refractivity contribution in [3.8, 4) is 5.75 Å². The largest absolute Gasteiger partial charge is 0.483 e. The zero-order valence-electron chi connectivity index (χ0n) is 20.7. The minimum atomic E-state index is -0.238. The fourth-order valence-electron chi connectivity index (χ4n) is 3.60. The van der Waals surface area contributed by atoms with Crippen LogP contribution in [0.15, 0.2) is 75.0 Å². The number of rotatable bonds is 8. The molecule has 0 unspecified atom stereocenters. The Balaban J connectivity index is 1.52. The number of hydrogen-bond acceptors (Lipinski definition) is 5. The Morgan fingerprint density at radius 1 is 1.19 bits per heavy atom. The zero-order chi connectivity index (χ0) is 26.5. The van der Waals surface area contributed by atoms with Crippen LogP contribution in [0, 0.1) is 10.5 Å². The minimum absolute atomic E-state index is 0.0554. The number of hydrogen-bond donors (Lipinski definition) is 1. The van der Waals surface area contributed by atoms with Crippen LogP contribution in [0.4, 0.5) is 5.69 Å². The average molecular weight is 673 g/mol. The summed E-state index contributed by atoms with van der Waals surface area (Å²) in [5, 5.41) is 7.84. The molecule has 0 aliphatic carbocycles. The quantitative estimate of drug-likeness (QED) is 0.171. The van der Waals surface area contributed by atoms with Gasteiger partial charge in [-0.1, -0.05) is 47.5 Å². The van der Waals surface area contributed by atoms with Crippen LogP contribution in [0.3, 0.4) is 0 Å². The number of benzene rings is 3. The zero-order valence-corrected chi connectivity index (χ0v) is 24.4. The highest BCUT2D eigenvalue weighted by Gasteiger charge is 2.16. The molecule has 0 radical (unpaired) electrons. The molecule has 37 heavy (non-hydrogen) atoms. The van der Waals surface area contributed by atoms with Gasteiger partial charge >= 0.3 is 0 Å². The third kappa shape index (κ3) is 6.64. The van der Waals surface area contributed by atoms with E-state index in [-0.39, 0.29) is 24.0 Å². The van der Waals surface area contributed by atoms with E-state index in [1.807, 2.05) is 62.4 Å². The molecule has 190 valence electrons. The van der Waals surface area contributed by atoms with Crippen LogP contribution in [0.1, 0.15) is 43.1 Å². The summed E-state index contributed by atoms with van der Waals surface area (Å²) in [6.45, 7) is 5.97. The molecular formula is C28H26BrIN4O3. The highest BCUT2D eigenvalue weighted by Crippen LogP contribution is 2.23. The minimum Gasteiger partial charge on any atom is -0.483 e. The van der Waals surface area contributed by atoms with E-state index in [1.54, 1.807) is 18.3 Å². The maximum absolute atomic E-state index is 13.3. The average Bonchev–Trinajstić information content (AvgIpc) is 2.88.